The van der Waals surface area contributed by atoms with Crippen LogP contribution in [0, 0.1) is 0 Å². The van der Waals surface area contributed by atoms with Gasteiger partial charge >= 0.3 is 0 Å². The van der Waals surface area contributed by atoms with Gasteiger partial charge in [0.1, 0.15) is 6.04 Å². The lowest BCUT2D eigenvalue weighted by Gasteiger charge is -2.47. The summed E-state index contributed by atoms with van der Waals surface area (Å²) in [4.78, 5) is 32.7. The zero-order chi connectivity index (χ0) is 20.6. The number of carbonyl (C=O) groups is 2. The van der Waals surface area contributed by atoms with E-state index in [1.54, 1.807) is 11.9 Å². The minimum atomic E-state index is -0.557. The molecule has 2 amide bonds. The Morgan fingerprint density at radius 1 is 1.10 bits per heavy atom. The Morgan fingerprint density at radius 3 is 2.73 bits per heavy atom. The molecular weight excluding hydrogens is 406 g/mol. The van der Waals surface area contributed by atoms with Crippen LogP contribution in [0.15, 0.2) is 36.5 Å². The van der Waals surface area contributed by atoms with Crippen molar-refractivity contribution in [3.05, 3.63) is 58.2 Å². The summed E-state index contributed by atoms with van der Waals surface area (Å²) < 4.78 is 11.2. The van der Waals surface area contributed by atoms with E-state index < -0.39 is 12.1 Å². The van der Waals surface area contributed by atoms with Crippen LogP contribution >= 0.6 is 11.6 Å². The first-order valence-electron chi connectivity index (χ1n) is 9.76. The molecule has 1 fully saturated rings. The molecule has 3 aromatic rings. The van der Waals surface area contributed by atoms with Crippen molar-refractivity contribution in [3.63, 3.8) is 0 Å². The fraction of sp³-hybridized carbons (Fsp3) is 0.273. The van der Waals surface area contributed by atoms with Crippen LogP contribution < -0.4 is 9.47 Å². The van der Waals surface area contributed by atoms with Crippen LogP contribution in [0.5, 0.6) is 11.5 Å². The molecule has 152 valence electrons. The quantitative estimate of drug-likeness (QED) is 0.653. The fourth-order valence-corrected chi connectivity index (χ4v) is 5.04. The number of carbonyl (C=O) groups excluding carboxylic acids is 2. The first kappa shape index (κ1) is 17.7. The predicted octanol–water partition coefficient (Wildman–Crippen LogP) is 2.86. The van der Waals surface area contributed by atoms with E-state index in [9.17, 15) is 9.59 Å². The second-order valence-electron chi connectivity index (χ2n) is 7.96. The van der Waals surface area contributed by atoms with E-state index in [2.05, 4.69) is 4.98 Å². The summed E-state index contributed by atoms with van der Waals surface area (Å²) >= 11 is 6.28. The van der Waals surface area contributed by atoms with Crippen LogP contribution in [0.1, 0.15) is 22.7 Å². The Bertz CT molecular complexity index is 1240. The molecule has 2 unspecified atom stereocenters. The maximum Gasteiger partial charge on any atom is 0.245 e. The summed E-state index contributed by atoms with van der Waals surface area (Å²) in [5.74, 6) is 1.20. The lowest BCUT2D eigenvalue weighted by atomic mass is 9.82. The number of ether oxygens (including phenoxy) is 2. The van der Waals surface area contributed by atoms with E-state index in [-0.39, 0.29) is 25.2 Å². The van der Waals surface area contributed by atoms with Crippen LogP contribution in [0.2, 0.25) is 5.02 Å². The summed E-state index contributed by atoms with van der Waals surface area (Å²) in [6.45, 7) is 0.230. The van der Waals surface area contributed by atoms with Gasteiger partial charge in [0.15, 0.2) is 11.5 Å². The maximum atomic E-state index is 13.2. The highest BCUT2D eigenvalue weighted by atomic mass is 35.5. The first-order valence-corrected chi connectivity index (χ1v) is 10.1. The van der Waals surface area contributed by atoms with Gasteiger partial charge in [0.05, 0.1) is 12.6 Å². The number of aromatic amines is 1. The van der Waals surface area contributed by atoms with Crippen molar-refractivity contribution >= 4 is 34.3 Å². The Balaban J connectivity index is 1.61. The smallest absolute Gasteiger partial charge is 0.245 e. The van der Waals surface area contributed by atoms with Gasteiger partial charge in [-0.05, 0) is 41.5 Å². The number of hydrogen-bond donors (Lipinski definition) is 1. The highest BCUT2D eigenvalue weighted by Gasteiger charge is 2.47. The van der Waals surface area contributed by atoms with Crippen LogP contribution in [-0.4, -0.2) is 53.0 Å². The summed E-state index contributed by atoms with van der Waals surface area (Å²) in [6, 6.07) is 8.53. The Labute approximate surface area is 177 Å². The van der Waals surface area contributed by atoms with E-state index in [0.29, 0.717) is 22.9 Å². The van der Waals surface area contributed by atoms with Gasteiger partial charge in [-0.25, -0.2) is 0 Å². The number of rotatable bonds is 1. The van der Waals surface area contributed by atoms with Crippen molar-refractivity contribution in [2.45, 2.75) is 18.5 Å². The highest BCUT2D eigenvalue weighted by molar-refractivity contribution is 6.31. The molecule has 8 heteroatoms. The maximum absolute atomic E-state index is 13.2. The van der Waals surface area contributed by atoms with Gasteiger partial charge < -0.3 is 24.3 Å². The van der Waals surface area contributed by atoms with Gasteiger partial charge in [-0.1, -0.05) is 11.6 Å². The molecule has 0 spiro atoms. The van der Waals surface area contributed by atoms with Crippen molar-refractivity contribution in [3.8, 4) is 11.5 Å². The molecule has 2 aromatic carbocycles. The predicted molar refractivity (Wildman–Crippen MR) is 110 cm³/mol. The molecule has 1 N–H and O–H groups in total. The van der Waals surface area contributed by atoms with Crippen molar-refractivity contribution in [2.75, 3.05) is 20.4 Å². The zero-order valence-corrected chi connectivity index (χ0v) is 16.9. The molecule has 6 rings (SSSR count). The van der Waals surface area contributed by atoms with Gasteiger partial charge in [-0.3, -0.25) is 9.59 Å². The van der Waals surface area contributed by atoms with Crippen LogP contribution in [0.3, 0.4) is 0 Å². The number of hydrogen-bond acceptors (Lipinski definition) is 4. The highest BCUT2D eigenvalue weighted by Crippen LogP contribution is 2.46. The number of benzene rings is 2. The molecule has 3 aliphatic rings. The average Bonchev–Trinajstić information content (AvgIpc) is 3.35. The summed E-state index contributed by atoms with van der Waals surface area (Å²) in [5, 5.41) is 1.54. The number of piperazine rings is 1. The molecule has 4 heterocycles. The van der Waals surface area contributed by atoms with Crippen molar-refractivity contribution in [1.29, 1.82) is 0 Å². The van der Waals surface area contributed by atoms with Gasteiger partial charge in [0, 0.05) is 41.2 Å². The molecule has 7 nitrogen and oxygen atoms in total. The van der Waals surface area contributed by atoms with Gasteiger partial charge in [0.25, 0.3) is 0 Å². The van der Waals surface area contributed by atoms with E-state index >= 15 is 0 Å². The third-order valence-electron chi connectivity index (χ3n) is 6.25. The molecule has 1 saturated heterocycles. The minimum absolute atomic E-state index is 0.0548. The first-order chi connectivity index (χ1) is 14.5. The van der Waals surface area contributed by atoms with Crippen molar-refractivity contribution < 1.29 is 19.1 Å². The zero-order valence-electron chi connectivity index (χ0n) is 16.1. The number of nitrogens with zero attached hydrogens (tertiary/aromatic N) is 2. The van der Waals surface area contributed by atoms with E-state index in [1.807, 2.05) is 36.5 Å². The SMILES string of the molecule is CN1CC(=O)N2C(Cc3cc4c(cc3C2c2c[nH]c3ccc(Cl)cc23)OCO4)C1=O. The minimum Gasteiger partial charge on any atom is -0.454 e. The largest absolute Gasteiger partial charge is 0.454 e. The second kappa shape index (κ2) is 6.15. The van der Waals surface area contributed by atoms with Crippen LogP contribution in [0.25, 0.3) is 10.9 Å². The lowest BCUT2D eigenvalue weighted by Crippen LogP contribution is -2.62. The molecule has 1 aromatic heterocycles. The van der Waals surface area contributed by atoms with Crippen LogP contribution in [0.4, 0.5) is 0 Å². The van der Waals surface area contributed by atoms with Gasteiger partial charge in [-0.2, -0.15) is 0 Å². The molecule has 2 atom stereocenters. The van der Waals surface area contributed by atoms with Gasteiger partial charge in [0.2, 0.25) is 18.6 Å². The molecule has 30 heavy (non-hydrogen) atoms. The number of amides is 2. The fourth-order valence-electron chi connectivity index (χ4n) is 4.87. The van der Waals surface area contributed by atoms with E-state index in [0.717, 1.165) is 27.6 Å². The lowest BCUT2D eigenvalue weighted by molar-refractivity contribution is -0.157. The topological polar surface area (TPSA) is 74.9 Å². The monoisotopic (exact) mass is 423 g/mol. The Hall–Kier alpha value is -3.19. The summed E-state index contributed by atoms with van der Waals surface area (Å²) in [6.07, 6.45) is 2.35. The standard InChI is InChI=1S/C22H18ClN3O4/c1-25-9-20(27)26-17(22(25)28)4-11-5-18-19(30-10-29-18)7-13(11)21(26)15-8-24-16-3-2-12(23)6-14(15)16/h2-3,5-8,17,21,24H,4,9-10H2,1H3. The van der Waals surface area contributed by atoms with E-state index in [4.69, 9.17) is 21.1 Å². The normalized spacial score (nSPS) is 22.5. The number of H-pyrrole nitrogens is 1. The molecule has 0 saturated carbocycles. The van der Waals surface area contributed by atoms with Crippen molar-refractivity contribution in [1.82, 2.24) is 14.8 Å². The number of likely N-dealkylation sites (N-methyl/N-ethyl adjacent to an activating group) is 1. The second-order valence-corrected chi connectivity index (χ2v) is 8.39. The number of aromatic nitrogens is 1. The molecule has 0 radical (unpaired) electrons. The summed E-state index contributed by atoms with van der Waals surface area (Å²) in [7, 11) is 1.67. The Morgan fingerprint density at radius 2 is 1.90 bits per heavy atom. The molecular formula is C22H18ClN3O4. The molecule has 0 bridgehead atoms. The van der Waals surface area contributed by atoms with E-state index in [1.165, 1.54) is 4.90 Å². The van der Waals surface area contributed by atoms with Crippen LogP contribution in [-0.2, 0) is 16.0 Å². The molecule has 3 aliphatic heterocycles. The van der Waals surface area contributed by atoms with Gasteiger partial charge in [-0.15, -0.1) is 0 Å². The summed E-state index contributed by atoms with van der Waals surface area (Å²) in [5.41, 5.74) is 3.76. The molecule has 0 aliphatic carbocycles. The van der Waals surface area contributed by atoms with Crippen molar-refractivity contribution in [2.24, 2.45) is 0 Å². The third kappa shape index (κ3) is 2.38. The number of fused-ring (bicyclic) bond motifs is 4. The number of halogens is 1. The third-order valence-corrected chi connectivity index (χ3v) is 6.48. The Kier molecular flexibility index (Phi) is 3.62. The average molecular weight is 424 g/mol. The number of nitrogens with one attached hydrogen (secondary N) is 1.